The van der Waals surface area contributed by atoms with E-state index < -0.39 is 5.60 Å². The van der Waals surface area contributed by atoms with Crippen LogP contribution in [0.3, 0.4) is 0 Å². The summed E-state index contributed by atoms with van der Waals surface area (Å²) in [4.78, 5) is 22.0. The zero-order chi connectivity index (χ0) is 15.9. The molecule has 0 heterocycles. The van der Waals surface area contributed by atoms with Gasteiger partial charge in [0.05, 0.1) is 6.54 Å². The standard InChI is InChI=1S/C14H30N4O2/c1-9-18(13(19)20-14(2,3)4)11-10-15-12(16(5)6)17(7)8/h9-11H2,1-8H3. The molecule has 20 heavy (non-hydrogen) atoms. The molecule has 0 atom stereocenters. The van der Waals surface area contributed by atoms with E-state index in [-0.39, 0.29) is 6.09 Å². The molecule has 0 aromatic rings. The summed E-state index contributed by atoms with van der Waals surface area (Å²) in [6.45, 7) is 9.26. The summed E-state index contributed by atoms with van der Waals surface area (Å²) in [5, 5.41) is 0. The van der Waals surface area contributed by atoms with Gasteiger partial charge in [-0.25, -0.2) is 4.79 Å². The van der Waals surface area contributed by atoms with Gasteiger partial charge < -0.3 is 19.4 Å². The Bertz CT molecular complexity index is 323. The Morgan fingerprint density at radius 2 is 1.60 bits per heavy atom. The van der Waals surface area contributed by atoms with E-state index in [1.54, 1.807) is 4.90 Å². The maximum absolute atomic E-state index is 12.0. The van der Waals surface area contributed by atoms with Crippen molar-refractivity contribution >= 4 is 12.1 Å². The van der Waals surface area contributed by atoms with Crippen molar-refractivity contribution in [2.75, 3.05) is 47.8 Å². The van der Waals surface area contributed by atoms with E-state index in [2.05, 4.69) is 4.99 Å². The summed E-state index contributed by atoms with van der Waals surface area (Å²) in [7, 11) is 7.79. The molecule has 1 amide bonds. The van der Waals surface area contributed by atoms with Crippen molar-refractivity contribution in [2.45, 2.75) is 33.3 Å². The van der Waals surface area contributed by atoms with Crippen LogP contribution in [0.2, 0.25) is 0 Å². The van der Waals surface area contributed by atoms with E-state index >= 15 is 0 Å². The largest absolute Gasteiger partial charge is 0.444 e. The molecule has 0 bridgehead atoms. The molecule has 0 aromatic heterocycles. The van der Waals surface area contributed by atoms with Gasteiger partial charge in [-0.15, -0.1) is 0 Å². The van der Waals surface area contributed by atoms with Gasteiger partial charge in [0.15, 0.2) is 5.96 Å². The van der Waals surface area contributed by atoms with Crippen LogP contribution in [0.4, 0.5) is 4.79 Å². The zero-order valence-corrected chi connectivity index (χ0v) is 14.2. The Morgan fingerprint density at radius 3 is 1.95 bits per heavy atom. The highest BCUT2D eigenvalue weighted by Gasteiger charge is 2.20. The topological polar surface area (TPSA) is 48.4 Å². The van der Waals surface area contributed by atoms with Gasteiger partial charge in [-0.1, -0.05) is 0 Å². The fraction of sp³-hybridized carbons (Fsp3) is 0.857. The quantitative estimate of drug-likeness (QED) is 0.583. The van der Waals surface area contributed by atoms with Gasteiger partial charge in [0.25, 0.3) is 0 Å². The number of carbonyl (C=O) groups excluding carboxylic acids is 1. The van der Waals surface area contributed by atoms with E-state index in [0.717, 1.165) is 5.96 Å². The van der Waals surface area contributed by atoms with Crippen molar-refractivity contribution in [2.24, 2.45) is 4.99 Å². The number of rotatable bonds is 4. The molecular weight excluding hydrogens is 256 g/mol. The van der Waals surface area contributed by atoms with Crippen LogP contribution in [0, 0.1) is 0 Å². The Labute approximate surface area is 123 Å². The van der Waals surface area contributed by atoms with Crippen molar-refractivity contribution in [3.05, 3.63) is 0 Å². The number of ether oxygens (including phenoxy) is 1. The highest BCUT2D eigenvalue weighted by molar-refractivity contribution is 5.79. The summed E-state index contributed by atoms with van der Waals surface area (Å²) in [6.07, 6.45) is -0.286. The van der Waals surface area contributed by atoms with Crippen LogP contribution in [-0.4, -0.2) is 80.2 Å². The number of carbonyl (C=O) groups is 1. The van der Waals surface area contributed by atoms with Gasteiger partial charge in [-0.2, -0.15) is 0 Å². The molecule has 0 saturated carbocycles. The van der Waals surface area contributed by atoms with E-state index in [9.17, 15) is 4.79 Å². The first-order valence-electron chi connectivity index (χ1n) is 6.95. The maximum atomic E-state index is 12.0. The number of amides is 1. The monoisotopic (exact) mass is 286 g/mol. The maximum Gasteiger partial charge on any atom is 0.410 e. The highest BCUT2D eigenvalue weighted by Crippen LogP contribution is 2.09. The van der Waals surface area contributed by atoms with Crippen LogP contribution < -0.4 is 0 Å². The SMILES string of the molecule is CCN(CCN=C(N(C)C)N(C)C)C(=O)OC(C)(C)C. The second-order valence-corrected chi connectivity index (χ2v) is 6.03. The van der Waals surface area contributed by atoms with Gasteiger partial charge in [0, 0.05) is 41.3 Å². The van der Waals surface area contributed by atoms with Crippen molar-refractivity contribution in [1.29, 1.82) is 0 Å². The summed E-state index contributed by atoms with van der Waals surface area (Å²) < 4.78 is 5.36. The van der Waals surface area contributed by atoms with Gasteiger partial charge in [-0.3, -0.25) is 4.99 Å². The molecule has 0 unspecified atom stereocenters. The lowest BCUT2D eigenvalue weighted by Gasteiger charge is -2.27. The Hall–Kier alpha value is -1.46. The molecule has 0 aliphatic carbocycles. The molecule has 0 radical (unpaired) electrons. The second-order valence-electron chi connectivity index (χ2n) is 6.03. The minimum atomic E-state index is -0.466. The molecule has 0 fully saturated rings. The molecule has 0 aliphatic heterocycles. The van der Waals surface area contributed by atoms with Gasteiger partial charge in [0.1, 0.15) is 5.60 Å². The van der Waals surface area contributed by atoms with Crippen molar-refractivity contribution < 1.29 is 9.53 Å². The number of aliphatic imine (C=N–C) groups is 1. The van der Waals surface area contributed by atoms with Gasteiger partial charge in [-0.05, 0) is 27.7 Å². The lowest BCUT2D eigenvalue weighted by atomic mass is 10.2. The number of nitrogens with zero attached hydrogens (tertiary/aromatic N) is 4. The average molecular weight is 286 g/mol. The Morgan fingerprint density at radius 1 is 1.10 bits per heavy atom. The van der Waals surface area contributed by atoms with Crippen molar-refractivity contribution in [3.8, 4) is 0 Å². The first-order valence-corrected chi connectivity index (χ1v) is 6.95. The zero-order valence-electron chi connectivity index (χ0n) is 14.2. The minimum Gasteiger partial charge on any atom is -0.444 e. The molecule has 6 heteroatoms. The summed E-state index contributed by atoms with van der Waals surface area (Å²) >= 11 is 0. The lowest BCUT2D eigenvalue weighted by Crippen LogP contribution is -2.39. The second kappa shape index (κ2) is 7.97. The van der Waals surface area contributed by atoms with Crippen LogP contribution in [0.25, 0.3) is 0 Å². The lowest BCUT2D eigenvalue weighted by molar-refractivity contribution is 0.0266. The molecule has 0 spiro atoms. The average Bonchev–Trinajstić information content (AvgIpc) is 2.25. The first-order chi connectivity index (χ1) is 9.08. The van der Waals surface area contributed by atoms with E-state index in [1.807, 2.05) is 65.7 Å². The highest BCUT2D eigenvalue weighted by atomic mass is 16.6. The fourth-order valence-corrected chi connectivity index (χ4v) is 1.66. The van der Waals surface area contributed by atoms with Crippen molar-refractivity contribution in [1.82, 2.24) is 14.7 Å². The van der Waals surface area contributed by atoms with Crippen molar-refractivity contribution in [3.63, 3.8) is 0 Å². The fourth-order valence-electron chi connectivity index (χ4n) is 1.66. The molecule has 6 nitrogen and oxygen atoms in total. The van der Waals surface area contributed by atoms with Gasteiger partial charge >= 0.3 is 6.09 Å². The molecule has 0 rings (SSSR count). The number of guanidine groups is 1. The summed E-state index contributed by atoms with van der Waals surface area (Å²) in [5.41, 5.74) is -0.466. The number of likely N-dealkylation sites (N-methyl/N-ethyl adjacent to an activating group) is 1. The van der Waals surface area contributed by atoms with E-state index in [0.29, 0.717) is 19.6 Å². The predicted molar refractivity (Wildman–Crippen MR) is 83.2 cm³/mol. The first kappa shape index (κ1) is 18.5. The smallest absolute Gasteiger partial charge is 0.410 e. The molecule has 118 valence electrons. The van der Waals surface area contributed by atoms with Crippen LogP contribution in [0.5, 0.6) is 0 Å². The van der Waals surface area contributed by atoms with Crippen LogP contribution in [-0.2, 0) is 4.74 Å². The van der Waals surface area contributed by atoms with Crippen LogP contribution in [0.1, 0.15) is 27.7 Å². The van der Waals surface area contributed by atoms with Gasteiger partial charge in [0.2, 0.25) is 0 Å². The summed E-state index contributed by atoms with van der Waals surface area (Å²) in [6, 6.07) is 0. The molecule has 0 saturated heterocycles. The Kier molecular flexibility index (Phi) is 7.39. The van der Waals surface area contributed by atoms with Crippen LogP contribution in [0.15, 0.2) is 4.99 Å². The minimum absolute atomic E-state index is 0.286. The van der Waals surface area contributed by atoms with E-state index in [4.69, 9.17) is 4.74 Å². The normalized spacial score (nSPS) is 10.8. The molecular formula is C14H30N4O2. The predicted octanol–water partition coefficient (Wildman–Crippen LogP) is 1.72. The molecule has 0 aromatic carbocycles. The Balaban J connectivity index is 4.53. The van der Waals surface area contributed by atoms with E-state index in [1.165, 1.54) is 0 Å². The third kappa shape index (κ3) is 7.21. The number of hydrogen-bond donors (Lipinski definition) is 0. The number of hydrogen-bond acceptors (Lipinski definition) is 3. The molecule has 0 N–H and O–H groups in total. The van der Waals surface area contributed by atoms with Crippen LogP contribution >= 0.6 is 0 Å². The molecule has 0 aliphatic rings. The third-order valence-corrected chi connectivity index (χ3v) is 2.46. The summed E-state index contributed by atoms with van der Waals surface area (Å²) in [5.74, 6) is 0.880. The third-order valence-electron chi connectivity index (χ3n) is 2.46.